The number of carboxylic acid groups (broad SMARTS) is 1. The largest absolute Gasteiger partial charge is 0.484 e. The highest BCUT2D eigenvalue weighted by atomic mass is 32.1. The van der Waals surface area contributed by atoms with Gasteiger partial charge in [0.05, 0.1) is 0 Å². The second-order valence-corrected chi connectivity index (χ2v) is 3.84. The van der Waals surface area contributed by atoms with Crippen molar-refractivity contribution in [2.24, 2.45) is 0 Å². The Morgan fingerprint density at radius 3 is 3.00 bits per heavy atom. The van der Waals surface area contributed by atoms with Gasteiger partial charge in [0.1, 0.15) is 12.0 Å². The minimum Gasteiger partial charge on any atom is -0.484 e. The third kappa shape index (κ3) is 3.04. The molecular weight excluding hydrogens is 254 g/mol. The molecule has 0 unspecified atom stereocenters. The first kappa shape index (κ1) is 12.5. The Morgan fingerprint density at radius 2 is 2.33 bits per heavy atom. The average Bonchev–Trinajstić information content (AvgIpc) is 2.85. The Morgan fingerprint density at radius 1 is 1.50 bits per heavy atom. The normalized spacial score (nSPS) is 10.3. The molecule has 0 fully saturated rings. The van der Waals surface area contributed by atoms with Gasteiger partial charge in [-0.3, -0.25) is 0 Å². The SMILES string of the molecule is O=C(O)c1coc(COc2cccc(CS)c2)n1. The zero-order valence-corrected chi connectivity index (χ0v) is 10.3. The summed E-state index contributed by atoms with van der Waals surface area (Å²) in [6.45, 7) is 0.0866. The molecule has 6 heteroatoms. The van der Waals surface area contributed by atoms with E-state index in [9.17, 15) is 4.79 Å². The van der Waals surface area contributed by atoms with Crippen molar-refractivity contribution < 1.29 is 19.1 Å². The molecule has 0 atom stereocenters. The minimum atomic E-state index is -1.12. The molecule has 1 aromatic carbocycles. The molecule has 0 radical (unpaired) electrons. The summed E-state index contributed by atoms with van der Waals surface area (Å²) in [4.78, 5) is 14.4. The van der Waals surface area contributed by atoms with Gasteiger partial charge in [-0.2, -0.15) is 12.6 Å². The van der Waals surface area contributed by atoms with Crippen LogP contribution in [-0.4, -0.2) is 16.1 Å². The number of carbonyl (C=O) groups is 1. The number of hydrogen-bond donors (Lipinski definition) is 2. The highest BCUT2D eigenvalue weighted by Gasteiger charge is 2.10. The van der Waals surface area contributed by atoms with Gasteiger partial charge in [0.2, 0.25) is 5.89 Å². The van der Waals surface area contributed by atoms with E-state index in [1.165, 1.54) is 0 Å². The predicted octanol–water partition coefficient (Wildman–Crippen LogP) is 2.38. The molecule has 18 heavy (non-hydrogen) atoms. The van der Waals surface area contributed by atoms with Crippen LogP contribution in [0.1, 0.15) is 21.9 Å². The highest BCUT2D eigenvalue weighted by Crippen LogP contribution is 2.16. The van der Waals surface area contributed by atoms with Crippen LogP contribution in [0.3, 0.4) is 0 Å². The second kappa shape index (κ2) is 5.59. The summed E-state index contributed by atoms with van der Waals surface area (Å²) in [6.07, 6.45) is 1.09. The molecular formula is C12H11NO4S. The molecule has 0 aliphatic rings. The van der Waals surface area contributed by atoms with Gasteiger partial charge in [-0.25, -0.2) is 9.78 Å². The maximum atomic E-state index is 10.6. The lowest BCUT2D eigenvalue weighted by Crippen LogP contribution is -1.99. The number of benzene rings is 1. The fraction of sp³-hybridized carbons (Fsp3) is 0.167. The number of nitrogens with zero attached hydrogens (tertiary/aromatic N) is 1. The van der Waals surface area contributed by atoms with E-state index >= 15 is 0 Å². The van der Waals surface area contributed by atoms with Crippen molar-refractivity contribution in [1.82, 2.24) is 4.98 Å². The zero-order valence-electron chi connectivity index (χ0n) is 9.37. The van der Waals surface area contributed by atoms with Gasteiger partial charge in [0, 0.05) is 5.75 Å². The number of thiol groups is 1. The number of oxazole rings is 1. The van der Waals surface area contributed by atoms with Gasteiger partial charge in [-0.05, 0) is 17.7 Å². The molecule has 0 saturated heterocycles. The van der Waals surface area contributed by atoms with Crippen LogP contribution < -0.4 is 4.74 Å². The number of ether oxygens (including phenoxy) is 1. The van der Waals surface area contributed by atoms with E-state index in [0.29, 0.717) is 11.5 Å². The Balaban J connectivity index is 1.99. The number of hydrogen-bond acceptors (Lipinski definition) is 5. The quantitative estimate of drug-likeness (QED) is 0.812. The van der Waals surface area contributed by atoms with E-state index in [-0.39, 0.29) is 18.2 Å². The lowest BCUT2D eigenvalue weighted by Gasteiger charge is -2.04. The van der Waals surface area contributed by atoms with E-state index in [1.807, 2.05) is 18.2 Å². The van der Waals surface area contributed by atoms with Gasteiger partial charge in [0.25, 0.3) is 0 Å². The maximum absolute atomic E-state index is 10.6. The lowest BCUT2D eigenvalue weighted by atomic mass is 10.2. The highest BCUT2D eigenvalue weighted by molar-refractivity contribution is 7.79. The van der Waals surface area contributed by atoms with Gasteiger partial charge in [0.15, 0.2) is 12.3 Å². The molecule has 2 rings (SSSR count). The third-order valence-electron chi connectivity index (χ3n) is 2.21. The molecule has 0 bridgehead atoms. The van der Waals surface area contributed by atoms with Gasteiger partial charge >= 0.3 is 5.97 Å². The van der Waals surface area contributed by atoms with Crippen molar-refractivity contribution in [3.05, 3.63) is 47.7 Å². The zero-order chi connectivity index (χ0) is 13.0. The Hall–Kier alpha value is -1.95. The first-order chi connectivity index (χ1) is 8.69. The minimum absolute atomic E-state index is 0.0866. The molecule has 5 nitrogen and oxygen atoms in total. The third-order valence-corrected chi connectivity index (χ3v) is 2.58. The summed E-state index contributed by atoms with van der Waals surface area (Å²) in [6, 6.07) is 7.45. The van der Waals surface area contributed by atoms with E-state index in [4.69, 9.17) is 14.3 Å². The smallest absolute Gasteiger partial charge is 0.357 e. The summed E-state index contributed by atoms with van der Waals surface area (Å²) >= 11 is 4.17. The molecule has 1 heterocycles. The Bertz CT molecular complexity index is 553. The molecule has 1 N–H and O–H groups in total. The van der Waals surface area contributed by atoms with E-state index in [1.54, 1.807) is 6.07 Å². The fourth-order valence-corrected chi connectivity index (χ4v) is 1.55. The van der Waals surface area contributed by atoms with Crippen LogP contribution in [0.25, 0.3) is 0 Å². The van der Waals surface area contributed by atoms with E-state index in [2.05, 4.69) is 17.6 Å². The summed E-state index contributed by atoms with van der Waals surface area (Å²) in [5, 5.41) is 8.68. The van der Waals surface area contributed by atoms with Crippen LogP contribution in [-0.2, 0) is 12.4 Å². The fourth-order valence-electron chi connectivity index (χ4n) is 1.35. The molecule has 2 aromatic rings. The molecule has 0 saturated carbocycles. The van der Waals surface area contributed by atoms with Crippen LogP contribution in [0, 0.1) is 0 Å². The van der Waals surface area contributed by atoms with Crippen molar-refractivity contribution in [2.75, 3.05) is 0 Å². The lowest BCUT2D eigenvalue weighted by molar-refractivity contribution is 0.0690. The second-order valence-electron chi connectivity index (χ2n) is 3.53. The number of rotatable bonds is 5. The van der Waals surface area contributed by atoms with Gasteiger partial charge in [-0.15, -0.1) is 0 Å². The van der Waals surface area contributed by atoms with Crippen molar-refractivity contribution in [1.29, 1.82) is 0 Å². The molecule has 1 aromatic heterocycles. The van der Waals surface area contributed by atoms with Crippen LogP contribution in [0.15, 0.2) is 34.9 Å². The van der Waals surface area contributed by atoms with Crippen molar-refractivity contribution >= 4 is 18.6 Å². The predicted molar refractivity (Wildman–Crippen MR) is 66.9 cm³/mol. The molecule has 0 aliphatic heterocycles. The first-order valence-electron chi connectivity index (χ1n) is 5.19. The van der Waals surface area contributed by atoms with Crippen LogP contribution in [0.4, 0.5) is 0 Å². The molecule has 0 spiro atoms. The first-order valence-corrected chi connectivity index (χ1v) is 5.82. The van der Waals surface area contributed by atoms with Crippen LogP contribution >= 0.6 is 12.6 Å². The number of aromatic nitrogens is 1. The number of carboxylic acids is 1. The summed E-state index contributed by atoms with van der Waals surface area (Å²) < 4.78 is 10.4. The monoisotopic (exact) mass is 265 g/mol. The van der Waals surface area contributed by atoms with Gasteiger partial charge in [-0.1, -0.05) is 12.1 Å². The Labute approximate surface area is 109 Å². The Kier molecular flexibility index (Phi) is 3.88. The standard InChI is InChI=1S/C12H11NO4S/c14-12(15)10-5-17-11(13-10)6-16-9-3-1-2-8(4-9)7-18/h1-5,18H,6-7H2,(H,14,15). The summed E-state index contributed by atoms with van der Waals surface area (Å²) in [5.41, 5.74) is 0.909. The van der Waals surface area contributed by atoms with Crippen molar-refractivity contribution in [2.45, 2.75) is 12.4 Å². The van der Waals surface area contributed by atoms with Gasteiger partial charge < -0.3 is 14.3 Å². The number of aromatic carboxylic acids is 1. The summed E-state index contributed by atoms with van der Waals surface area (Å²) in [7, 11) is 0. The van der Waals surface area contributed by atoms with E-state index < -0.39 is 5.97 Å². The topological polar surface area (TPSA) is 72.6 Å². The average molecular weight is 265 g/mol. The van der Waals surface area contributed by atoms with Crippen LogP contribution in [0.5, 0.6) is 5.75 Å². The maximum Gasteiger partial charge on any atom is 0.357 e. The van der Waals surface area contributed by atoms with Crippen molar-refractivity contribution in [3.63, 3.8) is 0 Å². The molecule has 0 amide bonds. The van der Waals surface area contributed by atoms with E-state index in [0.717, 1.165) is 11.8 Å². The summed E-state index contributed by atoms with van der Waals surface area (Å²) in [5.74, 6) is 0.390. The molecule has 94 valence electrons. The van der Waals surface area contributed by atoms with Crippen LogP contribution in [0.2, 0.25) is 0 Å². The molecule has 0 aliphatic carbocycles. The van der Waals surface area contributed by atoms with Crippen molar-refractivity contribution in [3.8, 4) is 5.75 Å².